The molecule has 39 heavy (non-hydrogen) atoms. The monoisotopic (exact) mass is 553 g/mol. The SMILES string of the molecule is NC(=O)CN1CCC(CCC(=O)N2CCC(c3cn(-c4ccc(Cl)cc4)c4cnccc34)CC2)CC1.O=CO. The average Bonchev–Trinajstić information content (AvgIpc) is 3.33. The molecule has 9 nitrogen and oxygen atoms in total. The molecule has 4 heterocycles. The Kier molecular flexibility index (Phi) is 9.95. The van der Waals surface area contributed by atoms with E-state index < -0.39 is 0 Å². The molecule has 2 fully saturated rings. The Hall–Kier alpha value is -3.43. The fourth-order valence-electron chi connectivity index (χ4n) is 5.82. The molecule has 0 saturated carbocycles. The molecule has 0 atom stereocenters. The fraction of sp³-hybridized carbons (Fsp3) is 0.448. The summed E-state index contributed by atoms with van der Waals surface area (Å²) >= 11 is 6.10. The molecule has 3 aromatic rings. The number of fused-ring (bicyclic) bond motifs is 1. The zero-order valence-electron chi connectivity index (χ0n) is 22.0. The molecule has 2 saturated heterocycles. The van der Waals surface area contributed by atoms with Gasteiger partial charge in [0.05, 0.1) is 18.3 Å². The number of nitrogens with two attached hydrogens (primary N) is 1. The third-order valence-electron chi connectivity index (χ3n) is 7.88. The van der Waals surface area contributed by atoms with Crippen molar-refractivity contribution in [2.75, 3.05) is 32.7 Å². The number of rotatable bonds is 7. The summed E-state index contributed by atoms with van der Waals surface area (Å²) in [5.74, 6) is 0.990. The minimum atomic E-state index is -0.266. The van der Waals surface area contributed by atoms with Crippen LogP contribution in [0, 0.1) is 5.92 Å². The van der Waals surface area contributed by atoms with Gasteiger partial charge in [-0.1, -0.05) is 11.6 Å². The van der Waals surface area contributed by atoms with Crippen molar-refractivity contribution in [1.82, 2.24) is 19.4 Å². The fourth-order valence-corrected chi connectivity index (χ4v) is 5.95. The Bertz CT molecular complexity index is 1260. The van der Waals surface area contributed by atoms with E-state index in [0.717, 1.165) is 74.5 Å². The number of halogens is 1. The zero-order valence-corrected chi connectivity index (χ0v) is 22.8. The highest BCUT2D eigenvalue weighted by molar-refractivity contribution is 6.30. The van der Waals surface area contributed by atoms with Gasteiger partial charge in [-0.3, -0.25) is 24.3 Å². The molecule has 0 spiro atoms. The number of benzene rings is 1. The summed E-state index contributed by atoms with van der Waals surface area (Å²) in [7, 11) is 0. The maximum absolute atomic E-state index is 13.0. The number of likely N-dealkylation sites (tertiary alicyclic amines) is 2. The standard InChI is InChI=1S/C28H34ClN5O2.CH2O2/c29-22-2-4-23(5-3-22)34-18-25(24-7-12-31-17-26(24)34)21-10-15-33(16-11-21)28(36)6-1-20-8-13-32(14-9-20)19-27(30)35;2-1-3/h2-5,7,12,17-18,20-21H,1,6,8-11,13-16,19H2,(H2,30,35);1H,(H,2,3). The van der Waals surface area contributed by atoms with Gasteiger partial charge in [0.2, 0.25) is 11.8 Å². The van der Waals surface area contributed by atoms with E-state index in [9.17, 15) is 9.59 Å². The van der Waals surface area contributed by atoms with Crippen LogP contribution >= 0.6 is 11.6 Å². The third-order valence-corrected chi connectivity index (χ3v) is 8.14. The number of amides is 2. The number of primary amides is 1. The quantitative estimate of drug-likeness (QED) is 0.425. The second-order valence-corrected chi connectivity index (χ2v) is 10.7. The summed E-state index contributed by atoms with van der Waals surface area (Å²) in [5.41, 5.74) is 8.80. The topological polar surface area (TPSA) is 122 Å². The van der Waals surface area contributed by atoms with Gasteiger partial charge in [0.25, 0.3) is 6.47 Å². The molecular formula is C29H36ClN5O4. The van der Waals surface area contributed by atoms with Crippen molar-refractivity contribution in [1.29, 1.82) is 0 Å². The molecule has 0 unspecified atom stereocenters. The van der Waals surface area contributed by atoms with E-state index in [-0.39, 0.29) is 18.3 Å². The van der Waals surface area contributed by atoms with Crippen molar-refractivity contribution in [3.05, 3.63) is 59.5 Å². The van der Waals surface area contributed by atoms with Gasteiger partial charge in [-0.15, -0.1) is 0 Å². The van der Waals surface area contributed by atoms with Crippen LogP contribution in [0.3, 0.4) is 0 Å². The number of hydrogen-bond donors (Lipinski definition) is 2. The second-order valence-electron chi connectivity index (χ2n) is 10.3. The number of piperidine rings is 2. The van der Waals surface area contributed by atoms with Gasteiger partial charge in [0.15, 0.2) is 0 Å². The van der Waals surface area contributed by atoms with Gasteiger partial charge >= 0.3 is 0 Å². The Labute approximate surface area is 233 Å². The predicted molar refractivity (Wildman–Crippen MR) is 151 cm³/mol. The minimum absolute atomic E-state index is 0.250. The maximum Gasteiger partial charge on any atom is 0.290 e. The van der Waals surface area contributed by atoms with Crippen molar-refractivity contribution >= 4 is 40.8 Å². The molecule has 0 radical (unpaired) electrons. The lowest BCUT2D eigenvalue weighted by atomic mass is 9.88. The smallest absolute Gasteiger partial charge is 0.290 e. The molecule has 3 N–H and O–H groups in total. The lowest BCUT2D eigenvalue weighted by Gasteiger charge is -2.33. The summed E-state index contributed by atoms with van der Waals surface area (Å²) in [6.07, 6.45) is 11.6. The number of carboxylic acid groups (broad SMARTS) is 1. The molecule has 2 aliphatic heterocycles. The van der Waals surface area contributed by atoms with E-state index in [0.29, 0.717) is 24.8 Å². The van der Waals surface area contributed by atoms with Crippen molar-refractivity contribution in [3.8, 4) is 5.69 Å². The van der Waals surface area contributed by atoms with Crippen LogP contribution < -0.4 is 5.73 Å². The molecule has 2 aromatic heterocycles. The maximum atomic E-state index is 13.0. The van der Waals surface area contributed by atoms with Gasteiger partial charge in [-0.2, -0.15) is 0 Å². The van der Waals surface area contributed by atoms with Crippen molar-refractivity contribution in [2.24, 2.45) is 11.7 Å². The Morgan fingerprint density at radius 2 is 1.72 bits per heavy atom. The lowest BCUT2D eigenvalue weighted by Crippen LogP contribution is -2.40. The first kappa shape index (κ1) is 28.6. The summed E-state index contributed by atoms with van der Waals surface area (Å²) in [6.45, 7) is 3.49. The van der Waals surface area contributed by atoms with Gasteiger partial charge in [0, 0.05) is 48.0 Å². The molecule has 0 bridgehead atoms. The highest BCUT2D eigenvalue weighted by Crippen LogP contribution is 2.36. The molecule has 1 aromatic carbocycles. The Morgan fingerprint density at radius 1 is 1.05 bits per heavy atom. The largest absolute Gasteiger partial charge is 0.483 e. The van der Waals surface area contributed by atoms with Crippen LogP contribution in [-0.2, 0) is 14.4 Å². The van der Waals surface area contributed by atoms with Crippen LogP contribution in [0.15, 0.2) is 48.9 Å². The van der Waals surface area contributed by atoms with Crippen LogP contribution in [0.1, 0.15) is 50.0 Å². The van der Waals surface area contributed by atoms with Crippen LogP contribution in [0.2, 0.25) is 5.02 Å². The molecule has 208 valence electrons. The Morgan fingerprint density at radius 3 is 2.36 bits per heavy atom. The molecular weight excluding hydrogens is 518 g/mol. The zero-order chi connectivity index (χ0) is 27.8. The van der Waals surface area contributed by atoms with Crippen LogP contribution in [0.25, 0.3) is 16.6 Å². The van der Waals surface area contributed by atoms with E-state index in [2.05, 4.69) is 31.6 Å². The molecule has 2 amide bonds. The van der Waals surface area contributed by atoms with E-state index in [1.807, 2.05) is 36.7 Å². The first-order valence-corrected chi connectivity index (χ1v) is 13.8. The second kappa shape index (κ2) is 13.6. The number of carbonyl (C=O) groups is 3. The van der Waals surface area contributed by atoms with Gasteiger partial charge < -0.3 is 20.3 Å². The summed E-state index contributed by atoms with van der Waals surface area (Å²) in [4.78, 5) is 41.0. The summed E-state index contributed by atoms with van der Waals surface area (Å²) in [6, 6.07) is 9.98. The Balaban J connectivity index is 0.00000112. The van der Waals surface area contributed by atoms with E-state index >= 15 is 0 Å². The number of carbonyl (C=O) groups excluding carboxylic acids is 2. The van der Waals surface area contributed by atoms with E-state index in [1.54, 1.807) is 0 Å². The van der Waals surface area contributed by atoms with Crippen molar-refractivity contribution < 1.29 is 19.5 Å². The van der Waals surface area contributed by atoms with E-state index in [4.69, 9.17) is 27.2 Å². The van der Waals surface area contributed by atoms with Crippen molar-refractivity contribution in [2.45, 2.75) is 44.4 Å². The highest BCUT2D eigenvalue weighted by Gasteiger charge is 2.27. The van der Waals surface area contributed by atoms with Crippen LogP contribution in [0.5, 0.6) is 0 Å². The average molecular weight is 554 g/mol. The van der Waals surface area contributed by atoms with Crippen molar-refractivity contribution in [3.63, 3.8) is 0 Å². The summed E-state index contributed by atoms with van der Waals surface area (Å²) in [5, 5.41) is 8.84. The van der Waals surface area contributed by atoms with Gasteiger partial charge in [-0.25, -0.2) is 0 Å². The van der Waals surface area contributed by atoms with Crippen LogP contribution in [0.4, 0.5) is 0 Å². The number of hydrogen-bond acceptors (Lipinski definition) is 5. The number of nitrogens with zero attached hydrogens (tertiary/aromatic N) is 4. The number of pyridine rings is 1. The lowest BCUT2D eigenvalue weighted by molar-refractivity contribution is -0.132. The van der Waals surface area contributed by atoms with Gasteiger partial charge in [-0.05, 0) is 92.9 Å². The molecule has 5 rings (SSSR count). The predicted octanol–water partition coefficient (Wildman–Crippen LogP) is 4.06. The number of aromatic nitrogens is 2. The van der Waals surface area contributed by atoms with Crippen LogP contribution in [-0.4, -0.2) is 75.5 Å². The minimum Gasteiger partial charge on any atom is -0.483 e. The van der Waals surface area contributed by atoms with E-state index in [1.165, 1.54) is 10.9 Å². The molecule has 0 aliphatic carbocycles. The molecule has 2 aliphatic rings. The molecule has 10 heteroatoms. The third kappa shape index (κ3) is 7.36. The van der Waals surface area contributed by atoms with Gasteiger partial charge in [0.1, 0.15) is 0 Å². The highest BCUT2D eigenvalue weighted by atomic mass is 35.5. The summed E-state index contributed by atoms with van der Waals surface area (Å²) < 4.78 is 2.19. The normalized spacial score (nSPS) is 17.0. The first-order valence-electron chi connectivity index (χ1n) is 13.5. The first-order chi connectivity index (χ1) is 18.9.